The van der Waals surface area contributed by atoms with E-state index in [1.165, 1.54) is 12.3 Å². The molecule has 0 aromatic heterocycles. The van der Waals surface area contributed by atoms with Gasteiger partial charge in [0.1, 0.15) is 18.1 Å². The molecule has 3 aliphatic rings. The molecule has 1 aromatic rings. The minimum atomic E-state index is -2.37. The Kier molecular flexibility index (Phi) is 4.62. The lowest BCUT2D eigenvalue weighted by atomic mass is 10.1. The average molecular weight is 390 g/mol. The molecule has 28 heavy (non-hydrogen) atoms. The van der Waals surface area contributed by atoms with E-state index < -0.39 is 41.3 Å². The van der Waals surface area contributed by atoms with Crippen molar-refractivity contribution < 1.29 is 33.4 Å². The van der Waals surface area contributed by atoms with Gasteiger partial charge in [0.15, 0.2) is 6.10 Å². The molecule has 3 heterocycles. The maximum atomic E-state index is 15.1. The van der Waals surface area contributed by atoms with E-state index in [2.05, 4.69) is 10.3 Å². The Morgan fingerprint density at radius 2 is 2.11 bits per heavy atom. The number of amidine groups is 1. The molecule has 3 N–H and O–H groups in total. The molecule has 8 nitrogen and oxygen atoms in total. The number of carbonyl (C=O) groups is 2. The molecule has 0 bridgehead atoms. The standard InChI is InChI=1S/C19H20FN3O5/c20-19-16(26)13(11-24)28-17(19)23(19)10-9-14(22-18(23)27)21-15(25)8-4-7-12-5-2-1-3-6-12/h1-3,5-6,9-10,13,16-17,24,26H,4,7-8,11H2/p+1. The summed E-state index contributed by atoms with van der Waals surface area (Å²) in [5, 5.41) is 21.6. The first-order valence-electron chi connectivity index (χ1n) is 9.11. The van der Waals surface area contributed by atoms with Crippen LogP contribution in [0.4, 0.5) is 9.18 Å². The van der Waals surface area contributed by atoms with Crippen LogP contribution in [0.5, 0.6) is 0 Å². The van der Waals surface area contributed by atoms with E-state index >= 15 is 4.39 Å². The van der Waals surface area contributed by atoms with E-state index in [0.717, 1.165) is 12.0 Å². The maximum Gasteiger partial charge on any atom is 0.454 e. The van der Waals surface area contributed by atoms with Crippen LogP contribution >= 0.6 is 0 Å². The number of hydrogen-bond acceptors (Lipinski definition) is 5. The van der Waals surface area contributed by atoms with Gasteiger partial charge >= 0.3 is 18.1 Å². The van der Waals surface area contributed by atoms with Crippen molar-refractivity contribution in [3.05, 3.63) is 48.2 Å². The SMILES string of the molecule is O=C(CCCc1ccccc1)NC1=NC(=O)[N+]2(C=C1)C1OC(CO)C(O)C12F. The van der Waals surface area contributed by atoms with Gasteiger partial charge in [-0.05, 0) is 18.4 Å². The normalized spacial score (nSPS) is 35.6. The lowest BCUT2D eigenvalue weighted by molar-refractivity contribution is -0.743. The number of amides is 3. The van der Waals surface area contributed by atoms with Crippen LogP contribution in [0.15, 0.2) is 47.6 Å². The highest BCUT2D eigenvalue weighted by atomic mass is 19.2. The van der Waals surface area contributed by atoms with Crippen LogP contribution in [0.1, 0.15) is 18.4 Å². The number of carbonyl (C=O) groups excluding carboxylic acids is 2. The van der Waals surface area contributed by atoms with E-state index in [0.29, 0.717) is 6.42 Å². The summed E-state index contributed by atoms with van der Waals surface area (Å²) >= 11 is 0. The molecule has 9 heteroatoms. The molecule has 5 unspecified atom stereocenters. The summed E-state index contributed by atoms with van der Waals surface area (Å²) in [6.45, 7) is -0.547. The summed E-state index contributed by atoms with van der Waals surface area (Å²) in [7, 11) is 0. The third-order valence-electron chi connectivity index (χ3n) is 5.45. The number of aliphatic imine (C=N–C) groups is 1. The number of benzene rings is 1. The van der Waals surface area contributed by atoms with E-state index in [1.54, 1.807) is 0 Å². The Labute approximate surface area is 160 Å². The quantitative estimate of drug-likeness (QED) is 0.391. The maximum absolute atomic E-state index is 15.1. The second-order valence-electron chi connectivity index (χ2n) is 7.14. The third-order valence-corrected chi connectivity index (χ3v) is 5.45. The van der Waals surface area contributed by atoms with Gasteiger partial charge in [-0.2, -0.15) is 4.39 Å². The van der Waals surface area contributed by atoms with Crippen molar-refractivity contribution in [3.63, 3.8) is 0 Å². The van der Waals surface area contributed by atoms with E-state index in [1.807, 2.05) is 30.3 Å². The lowest BCUT2D eigenvalue weighted by Gasteiger charge is -2.24. The average Bonchev–Trinajstić information content (AvgIpc) is 3.09. The van der Waals surface area contributed by atoms with Crippen LogP contribution in [0, 0.1) is 0 Å². The van der Waals surface area contributed by atoms with Crippen molar-refractivity contribution in [1.29, 1.82) is 0 Å². The first kappa shape index (κ1) is 18.9. The fourth-order valence-corrected chi connectivity index (χ4v) is 3.88. The van der Waals surface area contributed by atoms with Gasteiger partial charge < -0.3 is 20.3 Å². The zero-order valence-corrected chi connectivity index (χ0v) is 15.0. The topological polar surface area (TPSA) is 108 Å². The van der Waals surface area contributed by atoms with Gasteiger partial charge in [0.05, 0.1) is 6.61 Å². The highest BCUT2D eigenvalue weighted by molar-refractivity contribution is 6.08. The molecule has 148 valence electrons. The number of rotatable bonds is 5. The largest absolute Gasteiger partial charge is 0.454 e. The number of halogens is 1. The van der Waals surface area contributed by atoms with Gasteiger partial charge in [0, 0.05) is 12.5 Å². The monoisotopic (exact) mass is 390 g/mol. The van der Waals surface area contributed by atoms with Gasteiger partial charge in [-0.1, -0.05) is 30.3 Å². The van der Waals surface area contributed by atoms with Crippen molar-refractivity contribution in [2.45, 2.75) is 43.5 Å². The number of urea groups is 1. The number of aliphatic hydroxyl groups is 2. The Hall–Kier alpha value is -2.46. The van der Waals surface area contributed by atoms with Crippen LogP contribution < -0.4 is 5.32 Å². The summed E-state index contributed by atoms with van der Waals surface area (Å²) < 4.78 is 19.4. The number of nitrogens with one attached hydrogen (secondary N) is 1. The smallest absolute Gasteiger partial charge is 0.394 e. The molecule has 0 aliphatic carbocycles. The van der Waals surface area contributed by atoms with E-state index in [4.69, 9.17) is 9.84 Å². The fraction of sp³-hybridized carbons (Fsp3) is 0.421. The van der Waals surface area contributed by atoms with Gasteiger partial charge in [-0.3, -0.25) is 4.79 Å². The summed E-state index contributed by atoms with van der Waals surface area (Å²) in [4.78, 5) is 28.2. The Morgan fingerprint density at radius 1 is 1.36 bits per heavy atom. The van der Waals surface area contributed by atoms with E-state index in [-0.39, 0.29) is 18.2 Å². The number of hydrogen-bond donors (Lipinski definition) is 3. The molecule has 3 amide bonds. The Balaban J connectivity index is 1.33. The number of fused-ring (bicyclic) bond motifs is 3. The summed E-state index contributed by atoms with van der Waals surface area (Å²) in [5.41, 5.74) is 1.13. The number of nitrogens with zero attached hydrogens (tertiary/aromatic N) is 2. The number of quaternary nitrogens is 1. The van der Waals surface area contributed by atoms with Crippen LogP contribution in [-0.4, -0.2) is 63.3 Å². The molecule has 1 aromatic carbocycles. The van der Waals surface area contributed by atoms with Gasteiger partial charge in [-0.15, -0.1) is 9.48 Å². The molecule has 0 radical (unpaired) electrons. The molecular weight excluding hydrogens is 369 g/mol. The van der Waals surface area contributed by atoms with Gasteiger partial charge in [0.2, 0.25) is 5.91 Å². The Bertz CT molecular complexity index is 860. The van der Waals surface area contributed by atoms with Crippen LogP contribution in [-0.2, 0) is 16.0 Å². The second-order valence-corrected chi connectivity index (χ2v) is 7.14. The number of aryl methyl sites for hydroxylation is 1. The van der Waals surface area contributed by atoms with Gasteiger partial charge in [-0.25, -0.2) is 4.79 Å². The molecule has 2 fully saturated rings. The molecular formula is C19H21FN3O5+. The van der Waals surface area contributed by atoms with Crippen molar-refractivity contribution >= 4 is 17.8 Å². The number of aliphatic hydroxyl groups excluding tert-OH is 2. The molecule has 5 atom stereocenters. The highest BCUT2D eigenvalue weighted by Crippen LogP contribution is 2.62. The van der Waals surface area contributed by atoms with E-state index in [9.17, 15) is 14.7 Å². The summed E-state index contributed by atoms with van der Waals surface area (Å²) in [6.07, 6.45) is 0.259. The lowest BCUT2D eigenvalue weighted by Crippen LogP contribution is -2.49. The molecule has 0 saturated carbocycles. The van der Waals surface area contributed by atoms with Crippen molar-refractivity contribution in [1.82, 2.24) is 5.32 Å². The minimum Gasteiger partial charge on any atom is -0.394 e. The minimum absolute atomic E-state index is 0.0280. The highest BCUT2D eigenvalue weighted by Gasteiger charge is 2.95. The van der Waals surface area contributed by atoms with Crippen LogP contribution in [0.25, 0.3) is 0 Å². The van der Waals surface area contributed by atoms with Crippen molar-refractivity contribution in [2.75, 3.05) is 6.61 Å². The van der Waals surface area contributed by atoms with Crippen LogP contribution in [0.3, 0.4) is 0 Å². The predicted octanol–water partition coefficient (Wildman–Crippen LogP) is 0.746. The third kappa shape index (κ3) is 2.70. The summed E-state index contributed by atoms with van der Waals surface area (Å²) in [6, 6.07) is 8.90. The molecule has 2 saturated heterocycles. The zero-order valence-electron chi connectivity index (χ0n) is 15.0. The summed E-state index contributed by atoms with van der Waals surface area (Å²) in [5.74, 6) is -2.63. The fourth-order valence-electron chi connectivity index (χ4n) is 3.88. The van der Waals surface area contributed by atoms with Gasteiger partial charge in [0.25, 0.3) is 0 Å². The molecule has 4 rings (SSSR count). The first-order valence-corrected chi connectivity index (χ1v) is 9.11. The van der Waals surface area contributed by atoms with Crippen LogP contribution in [0.2, 0.25) is 0 Å². The van der Waals surface area contributed by atoms with Crippen molar-refractivity contribution in [2.24, 2.45) is 4.99 Å². The zero-order chi connectivity index (χ0) is 19.9. The van der Waals surface area contributed by atoms with Crippen molar-refractivity contribution in [3.8, 4) is 0 Å². The number of alkyl halides is 1. The predicted molar refractivity (Wildman–Crippen MR) is 95.3 cm³/mol. The second kappa shape index (κ2) is 6.85. The Morgan fingerprint density at radius 3 is 2.71 bits per heavy atom. The molecule has 3 aliphatic heterocycles. The first-order chi connectivity index (χ1) is 13.4. The molecule has 1 spiro atoms. The number of ether oxygens (including phenoxy) is 1.